The van der Waals surface area contributed by atoms with Crippen LogP contribution in [-0.2, 0) is 6.54 Å². The summed E-state index contributed by atoms with van der Waals surface area (Å²) < 4.78 is 10.6. The molecule has 0 spiro atoms. The van der Waals surface area contributed by atoms with Crippen LogP contribution in [0, 0.1) is 0 Å². The summed E-state index contributed by atoms with van der Waals surface area (Å²) >= 11 is 0. The molecule has 0 bridgehead atoms. The van der Waals surface area contributed by atoms with Crippen molar-refractivity contribution in [1.82, 2.24) is 15.3 Å². The zero-order chi connectivity index (χ0) is 16.8. The highest BCUT2D eigenvalue weighted by Crippen LogP contribution is 2.19. The monoisotopic (exact) mass is 323 g/mol. The molecule has 1 N–H and O–H groups in total. The topological polar surface area (TPSA) is 77.2 Å². The Morgan fingerprint density at radius 1 is 1.25 bits per heavy atom. The number of carbonyl (C=O) groups is 1. The predicted octanol–water partition coefficient (Wildman–Crippen LogP) is 3.07. The average Bonchev–Trinajstić information content (AvgIpc) is 3.16. The van der Waals surface area contributed by atoms with Gasteiger partial charge in [-0.3, -0.25) is 9.78 Å². The number of hydrogen-bond acceptors (Lipinski definition) is 5. The van der Waals surface area contributed by atoms with Gasteiger partial charge in [-0.2, -0.15) is 0 Å². The first-order valence-electron chi connectivity index (χ1n) is 7.61. The van der Waals surface area contributed by atoms with E-state index in [2.05, 4.69) is 15.3 Å². The van der Waals surface area contributed by atoms with Crippen molar-refractivity contribution in [2.75, 3.05) is 6.61 Å². The Hall–Kier alpha value is -3.15. The number of nitrogens with zero attached hydrogens (tertiary/aromatic N) is 2. The smallest absolute Gasteiger partial charge is 0.253 e. The fourth-order valence-corrected chi connectivity index (χ4v) is 2.19. The van der Waals surface area contributed by atoms with Gasteiger partial charge >= 0.3 is 0 Å². The molecule has 122 valence electrons. The van der Waals surface area contributed by atoms with E-state index in [1.165, 1.54) is 6.20 Å². The van der Waals surface area contributed by atoms with Crippen LogP contribution in [0.25, 0.3) is 11.3 Å². The molecule has 3 aromatic rings. The SMILES string of the molecule is CCOc1ccc(C(=O)NCc2cncc(-c3ccco3)c2)cn1. The van der Waals surface area contributed by atoms with Gasteiger partial charge in [0.15, 0.2) is 0 Å². The van der Waals surface area contributed by atoms with Crippen LogP contribution < -0.4 is 10.1 Å². The van der Waals surface area contributed by atoms with Gasteiger partial charge in [0.05, 0.1) is 18.4 Å². The van der Waals surface area contributed by atoms with Gasteiger partial charge in [0.2, 0.25) is 5.88 Å². The lowest BCUT2D eigenvalue weighted by atomic mass is 10.1. The standard InChI is InChI=1S/C18H17N3O3/c1-2-23-17-6-5-14(12-20-17)18(22)21-10-13-8-15(11-19-9-13)16-4-3-7-24-16/h3-9,11-12H,2,10H2,1H3,(H,21,22). The molecule has 0 radical (unpaired) electrons. The van der Waals surface area contributed by atoms with Crippen molar-refractivity contribution < 1.29 is 13.9 Å². The van der Waals surface area contributed by atoms with Gasteiger partial charge in [-0.25, -0.2) is 4.98 Å². The number of nitrogens with one attached hydrogen (secondary N) is 1. The maximum atomic E-state index is 12.2. The van der Waals surface area contributed by atoms with E-state index in [0.717, 1.165) is 16.9 Å². The maximum absolute atomic E-state index is 12.2. The summed E-state index contributed by atoms with van der Waals surface area (Å²) in [5, 5.41) is 2.85. The van der Waals surface area contributed by atoms with Gasteiger partial charge in [-0.05, 0) is 36.8 Å². The van der Waals surface area contributed by atoms with Crippen molar-refractivity contribution in [2.45, 2.75) is 13.5 Å². The zero-order valence-corrected chi connectivity index (χ0v) is 13.2. The van der Waals surface area contributed by atoms with Crippen LogP contribution >= 0.6 is 0 Å². The molecule has 0 aliphatic carbocycles. The fraction of sp³-hybridized carbons (Fsp3) is 0.167. The third-order valence-electron chi connectivity index (χ3n) is 3.34. The molecule has 0 saturated carbocycles. The molecular formula is C18H17N3O3. The quantitative estimate of drug-likeness (QED) is 0.754. The Morgan fingerprint density at radius 2 is 2.17 bits per heavy atom. The first-order valence-corrected chi connectivity index (χ1v) is 7.61. The minimum atomic E-state index is -0.200. The molecule has 1 amide bonds. The number of furan rings is 1. The average molecular weight is 323 g/mol. The molecule has 0 atom stereocenters. The van der Waals surface area contributed by atoms with E-state index in [4.69, 9.17) is 9.15 Å². The van der Waals surface area contributed by atoms with Crippen molar-refractivity contribution in [3.05, 3.63) is 66.3 Å². The van der Waals surface area contributed by atoms with Crippen molar-refractivity contribution in [2.24, 2.45) is 0 Å². The third kappa shape index (κ3) is 3.78. The second-order valence-corrected chi connectivity index (χ2v) is 5.06. The number of rotatable bonds is 6. The largest absolute Gasteiger partial charge is 0.478 e. The fourth-order valence-electron chi connectivity index (χ4n) is 2.19. The second kappa shape index (κ2) is 7.41. The van der Waals surface area contributed by atoms with Crippen LogP contribution in [0.3, 0.4) is 0 Å². The first-order chi connectivity index (χ1) is 11.8. The molecule has 0 aliphatic rings. The molecule has 3 rings (SSSR count). The predicted molar refractivity (Wildman–Crippen MR) is 88.5 cm³/mol. The molecule has 0 aromatic carbocycles. The molecule has 24 heavy (non-hydrogen) atoms. The zero-order valence-electron chi connectivity index (χ0n) is 13.2. The Balaban J connectivity index is 1.63. The molecule has 6 heteroatoms. The highest BCUT2D eigenvalue weighted by atomic mass is 16.5. The summed E-state index contributed by atoms with van der Waals surface area (Å²) in [4.78, 5) is 20.4. The molecule has 3 heterocycles. The van der Waals surface area contributed by atoms with Gasteiger partial charge < -0.3 is 14.5 Å². The number of hydrogen-bond donors (Lipinski definition) is 1. The lowest BCUT2D eigenvalue weighted by Gasteiger charge is -2.07. The van der Waals surface area contributed by atoms with E-state index in [1.807, 2.05) is 25.1 Å². The Labute approximate surface area is 139 Å². The molecule has 0 fully saturated rings. The molecule has 3 aromatic heterocycles. The van der Waals surface area contributed by atoms with Crippen LogP contribution in [0.2, 0.25) is 0 Å². The number of pyridine rings is 2. The summed E-state index contributed by atoms with van der Waals surface area (Å²) in [5.41, 5.74) is 2.24. The van der Waals surface area contributed by atoms with E-state index in [9.17, 15) is 4.79 Å². The van der Waals surface area contributed by atoms with Crippen LogP contribution in [0.4, 0.5) is 0 Å². The van der Waals surface area contributed by atoms with E-state index >= 15 is 0 Å². The van der Waals surface area contributed by atoms with E-state index < -0.39 is 0 Å². The van der Waals surface area contributed by atoms with Gasteiger partial charge in [-0.15, -0.1) is 0 Å². The summed E-state index contributed by atoms with van der Waals surface area (Å²) in [6, 6.07) is 8.98. The van der Waals surface area contributed by atoms with E-state index in [1.54, 1.807) is 30.8 Å². The molecule has 0 aliphatic heterocycles. The van der Waals surface area contributed by atoms with Crippen LogP contribution in [0.1, 0.15) is 22.8 Å². The van der Waals surface area contributed by atoms with Gasteiger partial charge in [0, 0.05) is 36.8 Å². The Bertz CT molecular complexity index is 799. The summed E-state index contributed by atoms with van der Waals surface area (Å²) in [7, 11) is 0. The third-order valence-corrected chi connectivity index (χ3v) is 3.34. The van der Waals surface area contributed by atoms with Crippen molar-refractivity contribution in [3.63, 3.8) is 0 Å². The second-order valence-electron chi connectivity index (χ2n) is 5.06. The normalized spacial score (nSPS) is 10.4. The number of aromatic nitrogens is 2. The molecule has 0 unspecified atom stereocenters. The minimum absolute atomic E-state index is 0.200. The van der Waals surface area contributed by atoms with Gasteiger partial charge in [0.25, 0.3) is 5.91 Å². The highest BCUT2D eigenvalue weighted by molar-refractivity contribution is 5.93. The first kappa shape index (κ1) is 15.7. The Morgan fingerprint density at radius 3 is 2.88 bits per heavy atom. The maximum Gasteiger partial charge on any atom is 0.253 e. The molecule has 6 nitrogen and oxygen atoms in total. The van der Waals surface area contributed by atoms with Crippen molar-refractivity contribution in [3.8, 4) is 17.2 Å². The molecule has 0 saturated heterocycles. The highest BCUT2D eigenvalue weighted by Gasteiger charge is 2.08. The number of ether oxygens (including phenoxy) is 1. The summed E-state index contributed by atoms with van der Waals surface area (Å²) in [6.07, 6.45) is 6.55. The lowest BCUT2D eigenvalue weighted by Crippen LogP contribution is -2.23. The summed E-state index contributed by atoms with van der Waals surface area (Å²) in [6.45, 7) is 2.79. The van der Waals surface area contributed by atoms with Gasteiger partial charge in [-0.1, -0.05) is 0 Å². The Kier molecular flexibility index (Phi) is 4.86. The number of carbonyl (C=O) groups excluding carboxylic acids is 1. The van der Waals surface area contributed by atoms with Gasteiger partial charge in [0.1, 0.15) is 5.76 Å². The van der Waals surface area contributed by atoms with Crippen LogP contribution in [0.5, 0.6) is 5.88 Å². The van der Waals surface area contributed by atoms with Crippen LogP contribution in [-0.4, -0.2) is 22.5 Å². The van der Waals surface area contributed by atoms with E-state index in [-0.39, 0.29) is 5.91 Å². The van der Waals surface area contributed by atoms with Crippen molar-refractivity contribution in [1.29, 1.82) is 0 Å². The van der Waals surface area contributed by atoms with Crippen molar-refractivity contribution >= 4 is 5.91 Å². The minimum Gasteiger partial charge on any atom is -0.478 e. The van der Waals surface area contributed by atoms with E-state index in [0.29, 0.717) is 24.6 Å². The summed E-state index contributed by atoms with van der Waals surface area (Å²) in [5.74, 6) is 1.05. The molecular weight excluding hydrogens is 306 g/mol. The number of amides is 1. The lowest BCUT2D eigenvalue weighted by molar-refractivity contribution is 0.0950. The van der Waals surface area contributed by atoms with Crippen LogP contribution in [0.15, 0.2) is 59.6 Å².